The topological polar surface area (TPSA) is 82.4 Å². The van der Waals surface area contributed by atoms with Crippen LogP contribution in [0.25, 0.3) is 10.9 Å². The number of carbonyl (C=O) groups is 1. The summed E-state index contributed by atoms with van der Waals surface area (Å²) in [6.07, 6.45) is 0. The number of nitrogens with one attached hydrogen (secondary N) is 1. The van der Waals surface area contributed by atoms with Crippen molar-refractivity contribution in [3.8, 4) is 5.75 Å². The zero-order valence-electron chi connectivity index (χ0n) is 16.9. The van der Waals surface area contributed by atoms with Crippen LogP contribution in [0.2, 0.25) is 0 Å². The smallest absolute Gasteiger partial charge is 0.387 e. The normalized spacial score (nSPS) is 12.2. The molecule has 0 aliphatic carbocycles. The molecular formula is C21H21F2N3O4S. The largest absolute Gasteiger partial charge is 0.433 e. The number of aromatic nitrogens is 2. The van der Waals surface area contributed by atoms with Crippen molar-refractivity contribution in [1.82, 2.24) is 9.55 Å². The van der Waals surface area contributed by atoms with Crippen LogP contribution in [0.1, 0.15) is 13.0 Å². The molecule has 10 heteroatoms. The van der Waals surface area contributed by atoms with Crippen LogP contribution in [0.4, 0.5) is 14.5 Å². The molecule has 1 aromatic heterocycles. The van der Waals surface area contributed by atoms with E-state index in [0.29, 0.717) is 16.1 Å². The summed E-state index contributed by atoms with van der Waals surface area (Å²) in [6.45, 7) is -0.896. The minimum atomic E-state index is -3.01. The number of carbonyl (C=O) groups excluding carboxylic acids is 1. The monoisotopic (exact) mass is 449 g/mol. The Labute approximate surface area is 181 Å². The Morgan fingerprint density at radius 1 is 1.19 bits per heavy atom. The fraction of sp³-hybridized carbons (Fsp3) is 0.286. The summed E-state index contributed by atoms with van der Waals surface area (Å²) in [6, 6.07) is 12.6. The van der Waals surface area contributed by atoms with E-state index < -0.39 is 12.5 Å². The average Bonchev–Trinajstić information content (AvgIpc) is 2.73. The van der Waals surface area contributed by atoms with Crippen molar-refractivity contribution >= 4 is 34.3 Å². The Morgan fingerprint density at radius 3 is 2.65 bits per heavy atom. The second kappa shape index (κ2) is 10.4. The molecule has 1 unspecified atom stereocenters. The molecule has 0 radical (unpaired) electrons. The highest BCUT2D eigenvalue weighted by Crippen LogP contribution is 2.26. The van der Waals surface area contributed by atoms with Gasteiger partial charge >= 0.3 is 6.61 Å². The van der Waals surface area contributed by atoms with Gasteiger partial charge in [0.05, 0.1) is 35.0 Å². The van der Waals surface area contributed by atoms with Gasteiger partial charge in [0.2, 0.25) is 5.91 Å². The van der Waals surface area contributed by atoms with Gasteiger partial charge in [0.1, 0.15) is 5.75 Å². The number of amides is 1. The average molecular weight is 449 g/mol. The Kier molecular flexibility index (Phi) is 7.59. The number of fused-ring (bicyclic) bond motifs is 1. The van der Waals surface area contributed by atoms with Crippen molar-refractivity contribution in [3.05, 3.63) is 58.9 Å². The summed E-state index contributed by atoms with van der Waals surface area (Å²) in [5.41, 5.74) is 0.422. The van der Waals surface area contributed by atoms with E-state index in [4.69, 9.17) is 4.74 Å². The molecule has 0 aliphatic heterocycles. The minimum absolute atomic E-state index is 0.0898. The van der Waals surface area contributed by atoms with E-state index in [1.165, 1.54) is 29.9 Å². The van der Waals surface area contributed by atoms with Crippen LogP contribution in [-0.2, 0) is 9.53 Å². The molecule has 0 aliphatic rings. The number of anilines is 1. The third-order valence-corrected chi connectivity index (χ3v) is 5.29. The van der Waals surface area contributed by atoms with Crippen LogP contribution in [0, 0.1) is 0 Å². The lowest BCUT2D eigenvalue weighted by atomic mass is 10.2. The fourth-order valence-electron chi connectivity index (χ4n) is 3.02. The summed E-state index contributed by atoms with van der Waals surface area (Å²) < 4.78 is 36.2. The van der Waals surface area contributed by atoms with E-state index in [2.05, 4.69) is 15.0 Å². The predicted octanol–water partition coefficient (Wildman–Crippen LogP) is 3.94. The first-order valence-electron chi connectivity index (χ1n) is 9.37. The second-order valence-corrected chi connectivity index (χ2v) is 7.55. The molecular weight excluding hydrogens is 428 g/mol. The molecule has 164 valence electrons. The lowest BCUT2D eigenvalue weighted by molar-refractivity contribution is -0.113. The number of methoxy groups -OCH3 is 1. The maximum atomic E-state index is 13.0. The van der Waals surface area contributed by atoms with Gasteiger partial charge in [-0.3, -0.25) is 14.2 Å². The minimum Gasteiger partial charge on any atom is -0.433 e. The van der Waals surface area contributed by atoms with Crippen LogP contribution >= 0.6 is 11.8 Å². The number of thioether (sulfide) groups is 1. The standard InChI is InChI=1S/C21H21F2N3O4S/c1-13(11-29-2)26-19(28)14-7-3-4-8-15(14)25-21(26)31-12-18(27)24-16-9-5-6-10-17(16)30-20(22)23/h3-10,13,20H,11-12H2,1-2H3,(H,24,27). The summed E-state index contributed by atoms with van der Waals surface area (Å²) >= 11 is 1.07. The van der Waals surface area contributed by atoms with E-state index in [9.17, 15) is 18.4 Å². The molecule has 0 spiro atoms. The number of para-hydroxylation sites is 3. The SMILES string of the molecule is COCC(C)n1c(SCC(=O)Nc2ccccc2OC(F)F)nc2ccccc2c1=O. The number of nitrogens with zero attached hydrogens (tertiary/aromatic N) is 2. The number of hydrogen-bond acceptors (Lipinski definition) is 6. The van der Waals surface area contributed by atoms with E-state index in [0.717, 1.165) is 11.8 Å². The van der Waals surface area contributed by atoms with Crippen LogP contribution in [0.5, 0.6) is 5.75 Å². The van der Waals surface area contributed by atoms with Crippen LogP contribution in [0.3, 0.4) is 0 Å². The second-order valence-electron chi connectivity index (χ2n) is 6.60. The summed E-state index contributed by atoms with van der Waals surface area (Å²) in [7, 11) is 1.54. The lowest BCUT2D eigenvalue weighted by Crippen LogP contribution is -2.29. The Bertz CT molecular complexity index is 1120. The Hall–Kier alpha value is -2.98. The number of hydrogen-bond donors (Lipinski definition) is 1. The van der Waals surface area contributed by atoms with Crippen LogP contribution < -0.4 is 15.6 Å². The first-order chi connectivity index (χ1) is 14.9. The Morgan fingerprint density at radius 2 is 1.90 bits per heavy atom. The molecule has 1 N–H and O–H groups in total. The summed E-state index contributed by atoms with van der Waals surface area (Å²) in [4.78, 5) is 30.0. The van der Waals surface area contributed by atoms with Gasteiger partial charge in [-0.05, 0) is 31.2 Å². The molecule has 31 heavy (non-hydrogen) atoms. The first kappa shape index (κ1) is 22.7. The predicted molar refractivity (Wildman–Crippen MR) is 115 cm³/mol. The van der Waals surface area contributed by atoms with Gasteiger partial charge < -0.3 is 14.8 Å². The molecule has 0 fully saturated rings. The van der Waals surface area contributed by atoms with Gasteiger partial charge in [-0.15, -0.1) is 0 Å². The zero-order valence-corrected chi connectivity index (χ0v) is 17.7. The maximum absolute atomic E-state index is 13.0. The van der Waals surface area contributed by atoms with Gasteiger partial charge in [0, 0.05) is 7.11 Å². The third kappa shape index (κ3) is 5.59. The van der Waals surface area contributed by atoms with Crippen molar-refractivity contribution in [1.29, 1.82) is 0 Å². The highest BCUT2D eigenvalue weighted by molar-refractivity contribution is 7.99. The number of alkyl halides is 2. The van der Waals surface area contributed by atoms with Gasteiger partial charge in [-0.25, -0.2) is 4.98 Å². The van der Waals surface area contributed by atoms with Gasteiger partial charge in [0.15, 0.2) is 5.16 Å². The van der Waals surface area contributed by atoms with E-state index in [1.807, 2.05) is 6.92 Å². The van der Waals surface area contributed by atoms with E-state index in [-0.39, 0.29) is 35.4 Å². The molecule has 1 amide bonds. The quantitative estimate of drug-likeness (QED) is 0.394. The molecule has 1 atom stereocenters. The molecule has 3 aromatic rings. The molecule has 2 aromatic carbocycles. The molecule has 0 saturated heterocycles. The van der Waals surface area contributed by atoms with Gasteiger partial charge in [-0.1, -0.05) is 36.0 Å². The van der Waals surface area contributed by atoms with Crippen molar-refractivity contribution in [2.24, 2.45) is 0 Å². The van der Waals surface area contributed by atoms with Crippen LogP contribution in [0.15, 0.2) is 58.5 Å². The molecule has 1 heterocycles. The number of ether oxygens (including phenoxy) is 2. The molecule has 7 nitrogen and oxygen atoms in total. The van der Waals surface area contributed by atoms with Crippen LogP contribution in [-0.4, -0.2) is 41.5 Å². The zero-order chi connectivity index (χ0) is 22.4. The molecule has 0 bridgehead atoms. The van der Waals surface area contributed by atoms with Crippen molar-refractivity contribution in [2.45, 2.75) is 24.7 Å². The number of halogens is 2. The maximum Gasteiger partial charge on any atom is 0.387 e. The number of benzene rings is 2. The lowest BCUT2D eigenvalue weighted by Gasteiger charge is -2.19. The highest BCUT2D eigenvalue weighted by atomic mass is 32.2. The van der Waals surface area contributed by atoms with Crippen molar-refractivity contribution in [2.75, 3.05) is 24.8 Å². The first-order valence-corrected chi connectivity index (χ1v) is 10.4. The molecule has 3 rings (SSSR count). The van der Waals surface area contributed by atoms with E-state index in [1.54, 1.807) is 30.3 Å². The summed E-state index contributed by atoms with van der Waals surface area (Å²) in [5.74, 6) is -0.679. The van der Waals surface area contributed by atoms with Crippen molar-refractivity contribution < 1.29 is 23.0 Å². The molecule has 0 saturated carbocycles. The Balaban J connectivity index is 1.83. The van der Waals surface area contributed by atoms with Crippen molar-refractivity contribution in [3.63, 3.8) is 0 Å². The summed E-state index contributed by atoms with van der Waals surface area (Å²) in [5, 5.41) is 3.39. The van der Waals surface area contributed by atoms with E-state index >= 15 is 0 Å². The highest BCUT2D eigenvalue weighted by Gasteiger charge is 2.18. The number of rotatable bonds is 9. The van der Waals surface area contributed by atoms with Gasteiger partial charge in [0.25, 0.3) is 5.56 Å². The van der Waals surface area contributed by atoms with Gasteiger partial charge in [-0.2, -0.15) is 8.78 Å². The fourth-order valence-corrected chi connectivity index (χ4v) is 3.91. The third-order valence-electron chi connectivity index (χ3n) is 4.33.